The molecule has 0 fully saturated rings. The number of benzene rings is 1. The maximum absolute atomic E-state index is 12.4. The number of carbonyl (C=O) groups is 1. The molecule has 0 saturated heterocycles. The van der Waals surface area contributed by atoms with E-state index >= 15 is 0 Å². The van der Waals surface area contributed by atoms with Gasteiger partial charge in [0.1, 0.15) is 11.8 Å². The van der Waals surface area contributed by atoms with Gasteiger partial charge in [0, 0.05) is 31.0 Å². The third-order valence-corrected chi connectivity index (χ3v) is 4.38. The summed E-state index contributed by atoms with van der Waals surface area (Å²) in [7, 11) is 2.07. The maximum Gasteiger partial charge on any atom is 0.255 e. The molecule has 1 N–H and O–H groups in total. The highest BCUT2D eigenvalue weighted by molar-refractivity contribution is 6.04. The summed E-state index contributed by atoms with van der Waals surface area (Å²) in [5.74, 6) is -0.209. The average molecular weight is 371 g/mol. The number of carbonyl (C=O) groups excluding carboxylic acids is 1. The Balaban J connectivity index is 1.58. The van der Waals surface area contributed by atoms with Crippen molar-refractivity contribution in [2.24, 2.45) is 0 Å². The Bertz CT molecular complexity index is 991. The second-order valence-corrected chi connectivity index (χ2v) is 6.67. The van der Waals surface area contributed by atoms with Crippen molar-refractivity contribution in [2.45, 2.75) is 20.0 Å². The molecule has 0 spiro atoms. The van der Waals surface area contributed by atoms with Crippen LogP contribution in [0.3, 0.4) is 0 Å². The van der Waals surface area contributed by atoms with Crippen LogP contribution in [0.4, 0.5) is 5.69 Å². The highest BCUT2D eigenvalue weighted by Gasteiger charge is 2.08. The van der Waals surface area contributed by atoms with Crippen molar-refractivity contribution < 1.29 is 4.79 Å². The molecular weight excluding hydrogens is 350 g/mol. The van der Waals surface area contributed by atoms with Crippen LogP contribution in [-0.4, -0.2) is 27.8 Å². The van der Waals surface area contributed by atoms with Crippen LogP contribution in [0.2, 0.25) is 0 Å². The Morgan fingerprint density at radius 3 is 2.54 bits per heavy atom. The second-order valence-electron chi connectivity index (χ2n) is 6.67. The molecule has 6 nitrogen and oxygen atoms in total. The number of anilines is 1. The molecule has 0 saturated carbocycles. The fourth-order valence-electron chi connectivity index (χ4n) is 2.84. The number of aryl methyl sites for hydroxylation is 1. The van der Waals surface area contributed by atoms with Crippen LogP contribution in [0.5, 0.6) is 0 Å². The van der Waals surface area contributed by atoms with Gasteiger partial charge in [-0.25, -0.2) is 4.98 Å². The molecule has 140 valence electrons. The van der Waals surface area contributed by atoms with Crippen molar-refractivity contribution in [1.29, 1.82) is 5.26 Å². The second kappa shape index (κ2) is 8.89. The van der Waals surface area contributed by atoms with E-state index in [0.717, 1.165) is 18.7 Å². The van der Waals surface area contributed by atoms with E-state index in [1.54, 1.807) is 12.1 Å². The van der Waals surface area contributed by atoms with Gasteiger partial charge in [-0.15, -0.1) is 0 Å². The predicted molar refractivity (Wildman–Crippen MR) is 107 cm³/mol. The number of nitrogens with one attached hydrogen (secondary N) is 1. The molecule has 0 aliphatic heterocycles. The number of rotatable bonds is 6. The zero-order valence-electron chi connectivity index (χ0n) is 15.9. The van der Waals surface area contributed by atoms with Crippen molar-refractivity contribution in [2.75, 3.05) is 12.4 Å². The Hall–Kier alpha value is -3.56. The fourth-order valence-corrected chi connectivity index (χ4v) is 2.84. The first kappa shape index (κ1) is 19.2. The smallest absolute Gasteiger partial charge is 0.255 e. The van der Waals surface area contributed by atoms with E-state index < -0.39 is 0 Å². The first-order valence-corrected chi connectivity index (χ1v) is 8.89. The lowest BCUT2D eigenvalue weighted by Crippen LogP contribution is -2.18. The van der Waals surface area contributed by atoms with Crippen LogP contribution in [0, 0.1) is 18.3 Å². The standard InChI is InChI=1S/C22H21N5O/c1-16-12-24-10-9-19(16)15-27(2)14-17-3-5-18(6-4-17)22(28)26-21-8-7-20(11-23)25-13-21/h3-10,12-13H,14-15H2,1-2H3,(H,26,28). The molecule has 2 heterocycles. The van der Waals surface area contributed by atoms with Crippen LogP contribution >= 0.6 is 0 Å². The number of amides is 1. The van der Waals surface area contributed by atoms with Crippen LogP contribution in [0.25, 0.3) is 0 Å². The Kier molecular flexibility index (Phi) is 6.10. The van der Waals surface area contributed by atoms with Gasteiger partial charge < -0.3 is 5.32 Å². The lowest BCUT2D eigenvalue weighted by Gasteiger charge is -2.18. The molecule has 2 aromatic heterocycles. The van der Waals surface area contributed by atoms with Gasteiger partial charge in [0.2, 0.25) is 0 Å². The minimum absolute atomic E-state index is 0.209. The van der Waals surface area contributed by atoms with Crippen molar-refractivity contribution in [3.63, 3.8) is 0 Å². The first-order valence-electron chi connectivity index (χ1n) is 8.89. The number of nitriles is 1. The van der Waals surface area contributed by atoms with E-state index in [-0.39, 0.29) is 5.91 Å². The summed E-state index contributed by atoms with van der Waals surface area (Å²) in [4.78, 5) is 22.7. The third kappa shape index (κ3) is 5.00. The highest BCUT2D eigenvalue weighted by atomic mass is 16.1. The van der Waals surface area contributed by atoms with Crippen molar-refractivity contribution in [1.82, 2.24) is 14.9 Å². The van der Waals surface area contributed by atoms with Gasteiger partial charge in [-0.3, -0.25) is 14.7 Å². The van der Waals surface area contributed by atoms with Gasteiger partial charge in [0.05, 0.1) is 11.9 Å². The molecule has 0 radical (unpaired) electrons. The maximum atomic E-state index is 12.4. The predicted octanol–water partition coefficient (Wildman–Crippen LogP) is 3.54. The van der Waals surface area contributed by atoms with E-state index in [1.807, 2.05) is 48.8 Å². The van der Waals surface area contributed by atoms with E-state index in [1.165, 1.54) is 17.3 Å². The molecule has 0 atom stereocenters. The zero-order valence-corrected chi connectivity index (χ0v) is 15.9. The minimum Gasteiger partial charge on any atom is -0.321 e. The normalized spacial score (nSPS) is 10.5. The van der Waals surface area contributed by atoms with Gasteiger partial charge in [0.15, 0.2) is 0 Å². The van der Waals surface area contributed by atoms with Gasteiger partial charge >= 0.3 is 0 Å². The van der Waals surface area contributed by atoms with Crippen molar-refractivity contribution >= 4 is 11.6 Å². The summed E-state index contributed by atoms with van der Waals surface area (Å²) < 4.78 is 0. The number of nitrogens with zero attached hydrogens (tertiary/aromatic N) is 4. The molecule has 0 aliphatic carbocycles. The van der Waals surface area contributed by atoms with Gasteiger partial charge in [-0.1, -0.05) is 12.1 Å². The quantitative estimate of drug-likeness (QED) is 0.717. The molecule has 1 amide bonds. The number of aromatic nitrogens is 2. The van der Waals surface area contributed by atoms with E-state index in [2.05, 4.69) is 34.2 Å². The van der Waals surface area contributed by atoms with Gasteiger partial charge in [-0.2, -0.15) is 5.26 Å². The molecule has 0 bridgehead atoms. The summed E-state index contributed by atoms with van der Waals surface area (Å²) in [6.45, 7) is 3.68. The first-order chi connectivity index (χ1) is 13.5. The van der Waals surface area contributed by atoms with Crippen molar-refractivity contribution in [3.05, 3.63) is 89.0 Å². The van der Waals surface area contributed by atoms with Crippen LogP contribution in [0.15, 0.2) is 61.1 Å². The Labute approximate surface area is 164 Å². The summed E-state index contributed by atoms with van der Waals surface area (Å²) >= 11 is 0. The summed E-state index contributed by atoms with van der Waals surface area (Å²) in [5, 5.41) is 11.5. The lowest BCUT2D eigenvalue weighted by atomic mass is 10.1. The third-order valence-electron chi connectivity index (χ3n) is 4.38. The number of pyridine rings is 2. The van der Waals surface area contributed by atoms with Gasteiger partial charge in [-0.05, 0) is 61.0 Å². The highest BCUT2D eigenvalue weighted by Crippen LogP contribution is 2.13. The molecule has 6 heteroatoms. The van der Waals surface area contributed by atoms with E-state index in [4.69, 9.17) is 5.26 Å². The number of hydrogen-bond donors (Lipinski definition) is 1. The summed E-state index contributed by atoms with van der Waals surface area (Å²) in [6.07, 6.45) is 5.16. The molecule has 1 aromatic carbocycles. The molecule has 0 unspecified atom stereocenters. The average Bonchev–Trinajstić information content (AvgIpc) is 2.71. The molecule has 0 aliphatic rings. The minimum atomic E-state index is -0.209. The van der Waals surface area contributed by atoms with E-state index in [9.17, 15) is 4.79 Å². The Morgan fingerprint density at radius 2 is 1.89 bits per heavy atom. The number of hydrogen-bond acceptors (Lipinski definition) is 5. The van der Waals surface area contributed by atoms with Crippen LogP contribution in [0.1, 0.15) is 32.7 Å². The van der Waals surface area contributed by atoms with E-state index in [0.29, 0.717) is 16.9 Å². The molecule has 3 rings (SSSR count). The summed E-state index contributed by atoms with van der Waals surface area (Å²) in [5.41, 5.74) is 5.00. The van der Waals surface area contributed by atoms with Gasteiger partial charge in [0.25, 0.3) is 5.91 Å². The van der Waals surface area contributed by atoms with Crippen molar-refractivity contribution in [3.8, 4) is 6.07 Å². The monoisotopic (exact) mass is 371 g/mol. The molecular formula is C22H21N5O. The SMILES string of the molecule is Cc1cnccc1CN(C)Cc1ccc(C(=O)Nc2ccc(C#N)nc2)cc1. The zero-order chi connectivity index (χ0) is 19.9. The summed E-state index contributed by atoms with van der Waals surface area (Å²) in [6, 6.07) is 14.8. The molecule has 28 heavy (non-hydrogen) atoms. The lowest BCUT2D eigenvalue weighted by molar-refractivity contribution is 0.102. The van der Waals surface area contributed by atoms with Crippen LogP contribution < -0.4 is 5.32 Å². The molecule has 3 aromatic rings. The topological polar surface area (TPSA) is 81.9 Å². The van der Waals surface area contributed by atoms with Crippen LogP contribution in [-0.2, 0) is 13.1 Å². The Morgan fingerprint density at radius 1 is 1.11 bits per heavy atom. The fraction of sp³-hybridized carbons (Fsp3) is 0.182. The largest absolute Gasteiger partial charge is 0.321 e.